The Kier molecular flexibility index (Phi) is 20.2. The van der Waals surface area contributed by atoms with Crippen molar-refractivity contribution < 1.29 is 48.3 Å². The summed E-state index contributed by atoms with van der Waals surface area (Å²) in [5, 5.41) is 17.7. The number of ether oxygens (including phenoxy) is 4. The smallest absolute Gasteiger partial charge is 0.331 e. The molecule has 0 aromatic heterocycles. The standard InChI is InChI=1S/C37H44O10S6/c38-32(39)9-11-34(42)46-30(24-48-15-13-36-50-17-18-51-36)22-44-28-5-1-26(2-6-28)21-27-3-7-29(8-4-27)45-23-31(47-35(43)12-10-33(40)41)25-49-16-14-37-52-19-20-53-37/h1-12,30-31,36-37H,13-25H2,(H,38,39)(H,40,41)/b11-9+,12-10+. The van der Waals surface area contributed by atoms with Gasteiger partial charge in [0.2, 0.25) is 0 Å². The Morgan fingerprint density at radius 2 is 1.00 bits per heavy atom. The lowest BCUT2D eigenvalue weighted by Crippen LogP contribution is -2.27. The van der Waals surface area contributed by atoms with Crippen LogP contribution in [0.2, 0.25) is 0 Å². The van der Waals surface area contributed by atoms with Crippen molar-refractivity contribution in [2.75, 3.05) is 59.2 Å². The van der Waals surface area contributed by atoms with Gasteiger partial charge in [-0.2, -0.15) is 23.5 Å². The highest BCUT2D eigenvalue weighted by atomic mass is 32.2. The summed E-state index contributed by atoms with van der Waals surface area (Å²) in [5.41, 5.74) is 2.14. The third-order valence-corrected chi connectivity index (χ3v) is 16.0. The van der Waals surface area contributed by atoms with E-state index >= 15 is 0 Å². The number of hydrogen-bond acceptors (Lipinski definition) is 14. The number of carbonyl (C=O) groups excluding carboxylic acids is 2. The SMILES string of the molecule is O=C(O)/C=C/C(=O)OC(COc1ccc(Cc2ccc(OCC(CSCCC3SCCS3)OC(=O)/C=C/C(=O)O)cc2)cc1)CSCCC1SCCS1. The van der Waals surface area contributed by atoms with Gasteiger partial charge in [-0.15, -0.1) is 47.0 Å². The van der Waals surface area contributed by atoms with E-state index in [2.05, 4.69) is 0 Å². The molecule has 2 fully saturated rings. The van der Waals surface area contributed by atoms with Gasteiger partial charge < -0.3 is 29.2 Å². The Labute approximate surface area is 336 Å². The maximum absolute atomic E-state index is 12.2. The van der Waals surface area contributed by atoms with Crippen LogP contribution in [0.15, 0.2) is 72.8 Å². The van der Waals surface area contributed by atoms with Crippen LogP contribution in [-0.2, 0) is 35.1 Å². The number of carbonyl (C=O) groups is 4. The molecule has 53 heavy (non-hydrogen) atoms. The molecule has 0 saturated carbocycles. The van der Waals surface area contributed by atoms with E-state index in [4.69, 9.17) is 29.2 Å². The van der Waals surface area contributed by atoms with Gasteiger partial charge in [0.05, 0.1) is 9.16 Å². The number of hydrogen-bond donors (Lipinski definition) is 2. The first kappa shape index (κ1) is 43.2. The molecule has 0 bridgehead atoms. The second-order valence-electron chi connectivity index (χ2n) is 11.6. The molecule has 2 aliphatic rings. The van der Waals surface area contributed by atoms with Gasteiger partial charge in [0.25, 0.3) is 0 Å². The topological polar surface area (TPSA) is 146 Å². The molecule has 4 rings (SSSR count). The molecule has 0 amide bonds. The van der Waals surface area contributed by atoms with Crippen LogP contribution in [-0.4, -0.2) is 115 Å². The molecule has 2 unspecified atom stereocenters. The van der Waals surface area contributed by atoms with Gasteiger partial charge in [0, 0.05) is 58.8 Å². The summed E-state index contributed by atoms with van der Waals surface area (Å²) >= 11 is 11.3. The van der Waals surface area contributed by atoms with Crippen LogP contribution in [0, 0.1) is 0 Å². The molecule has 10 nitrogen and oxygen atoms in total. The van der Waals surface area contributed by atoms with Gasteiger partial charge in [-0.3, -0.25) is 0 Å². The summed E-state index contributed by atoms with van der Waals surface area (Å²) in [6, 6.07) is 15.4. The average molecular weight is 841 g/mol. The molecule has 2 aromatic rings. The maximum atomic E-state index is 12.2. The summed E-state index contributed by atoms with van der Waals surface area (Å²) in [7, 11) is 0. The number of benzene rings is 2. The normalized spacial score (nSPS) is 16.2. The molecular weight excluding hydrogens is 797 g/mol. The molecule has 288 valence electrons. The number of rotatable bonds is 24. The predicted octanol–water partition coefficient (Wildman–Crippen LogP) is 7.00. The van der Waals surface area contributed by atoms with Gasteiger partial charge >= 0.3 is 23.9 Å². The first-order valence-corrected chi connectivity index (χ1v) is 23.5. The van der Waals surface area contributed by atoms with Crippen LogP contribution in [0.1, 0.15) is 24.0 Å². The largest absolute Gasteiger partial charge is 0.490 e. The summed E-state index contributed by atoms with van der Waals surface area (Å²) < 4.78 is 24.2. The number of esters is 2. The van der Waals surface area contributed by atoms with Crippen LogP contribution >= 0.6 is 70.6 Å². The van der Waals surface area contributed by atoms with Crippen LogP contribution in [0.5, 0.6) is 11.5 Å². The molecule has 2 saturated heterocycles. The third-order valence-electron chi connectivity index (χ3n) is 7.40. The molecule has 2 atom stereocenters. The number of carboxylic acids is 2. The van der Waals surface area contributed by atoms with E-state index in [0.717, 1.165) is 59.8 Å². The Hall–Kier alpha value is -2.50. The summed E-state index contributed by atoms with van der Waals surface area (Å²) in [6.45, 7) is 0.286. The fraction of sp³-hybridized carbons (Fsp3) is 0.459. The monoisotopic (exact) mass is 840 g/mol. The second kappa shape index (κ2) is 24.8. The van der Waals surface area contributed by atoms with Crippen molar-refractivity contribution in [3.8, 4) is 11.5 Å². The summed E-state index contributed by atoms with van der Waals surface area (Å²) in [6.07, 6.45) is 5.10. The van der Waals surface area contributed by atoms with E-state index in [-0.39, 0.29) is 13.2 Å². The van der Waals surface area contributed by atoms with Crippen molar-refractivity contribution in [2.45, 2.75) is 40.6 Å². The lowest BCUT2D eigenvalue weighted by molar-refractivity contribution is -0.144. The minimum Gasteiger partial charge on any atom is -0.490 e. The fourth-order valence-electron chi connectivity index (χ4n) is 4.88. The highest BCUT2D eigenvalue weighted by Gasteiger charge is 2.20. The Bertz CT molecular complexity index is 1380. The lowest BCUT2D eigenvalue weighted by Gasteiger charge is -2.18. The van der Waals surface area contributed by atoms with E-state index in [1.807, 2.05) is 95.6 Å². The average Bonchev–Trinajstić information content (AvgIpc) is 3.87. The minimum atomic E-state index is -1.22. The van der Waals surface area contributed by atoms with Crippen LogP contribution in [0.3, 0.4) is 0 Å². The Morgan fingerprint density at radius 1 is 0.623 bits per heavy atom. The molecule has 2 aromatic carbocycles. The van der Waals surface area contributed by atoms with Crippen molar-refractivity contribution in [1.82, 2.24) is 0 Å². The highest BCUT2D eigenvalue weighted by Crippen LogP contribution is 2.36. The third kappa shape index (κ3) is 18.6. The van der Waals surface area contributed by atoms with Gasteiger partial charge in [-0.25, -0.2) is 19.2 Å². The van der Waals surface area contributed by atoms with Crippen molar-refractivity contribution >= 4 is 94.4 Å². The minimum absolute atomic E-state index is 0.143. The molecule has 16 heteroatoms. The molecule has 2 N–H and O–H groups in total. The first-order valence-electron chi connectivity index (χ1n) is 17.0. The number of aliphatic carboxylic acids is 2. The zero-order valence-corrected chi connectivity index (χ0v) is 33.9. The second-order valence-corrected chi connectivity index (χ2v) is 19.8. The van der Waals surface area contributed by atoms with Gasteiger partial charge in [0.15, 0.2) is 0 Å². The van der Waals surface area contributed by atoms with Crippen molar-refractivity contribution in [2.24, 2.45) is 0 Å². The molecule has 2 aliphatic heterocycles. The van der Waals surface area contributed by atoms with E-state index in [1.165, 1.54) is 23.0 Å². The van der Waals surface area contributed by atoms with E-state index < -0.39 is 36.1 Å². The Balaban J connectivity index is 1.23. The summed E-state index contributed by atoms with van der Waals surface area (Å²) in [5.74, 6) is 5.09. The van der Waals surface area contributed by atoms with Gasteiger partial charge in [-0.1, -0.05) is 24.3 Å². The predicted molar refractivity (Wildman–Crippen MR) is 221 cm³/mol. The zero-order chi connectivity index (χ0) is 37.7. The molecular formula is C37H44O10S6. The van der Waals surface area contributed by atoms with Gasteiger partial charge in [0.1, 0.15) is 36.9 Å². The fourth-order valence-corrected chi connectivity index (χ4v) is 13.1. The highest BCUT2D eigenvalue weighted by molar-refractivity contribution is 8.20. The van der Waals surface area contributed by atoms with Crippen molar-refractivity contribution in [3.63, 3.8) is 0 Å². The molecule has 0 radical (unpaired) electrons. The molecule has 0 aliphatic carbocycles. The zero-order valence-electron chi connectivity index (χ0n) is 29.0. The van der Waals surface area contributed by atoms with E-state index in [1.54, 1.807) is 23.5 Å². The molecule has 0 spiro atoms. The van der Waals surface area contributed by atoms with Crippen LogP contribution in [0.4, 0.5) is 0 Å². The summed E-state index contributed by atoms with van der Waals surface area (Å²) in [4.78, 5) is 46.0. The van der Waals surface area contributed by atoms with Crippen molar-refractivity contribution in [3.05, 3.63) is 84.0 Å². The number of carboxylic acid groups (broad SMARTS) is 2. The lowest BCUT2D eigenvalue weighted by atomic mass is 10.0. The van der Waals surface area contributed by atoms with Crippen molar-refractivity contribution in [1.29, 1.82) is 0 Å². The van der Waals surface area contributed by atoms with E-state index in [9.17, 15) is 19.2 Å². The maximum Gasteiger partial charge on any atom is 0.331 e. The Morgan fingerprint density at radius 3 is 1.36 bits per heavy atom. The number of thioether (sulfide) groups is 6. The van der Waals surface area contributed by atoms with E-state index in [0.29, 0.717) is 38.6 Å². The first-order chi connectivity index (χ1) is 25.7. The van der Waals surface area contributed by atoms with Crippen LogP contribution < -0.4 is 9.47 Å². The van der Waals surface area contributed by atoms with Gasteiger partial charge in [-0.05, 0) is 66.2 Å². The molecule has 2 heterocycles. The quantitative estimate of drug-likeness (QED) is 0.0635. The van der Waals surface area contributed by atoms with Crippen LogP contribution in [0.25, 0.3) is 0 Å².